The molecular weight excluding hydrogens is 361 g/mol. The molecule has 0 bridgehead atoms. The lowest BCUT2D eigenvalue weighted by Gasteiger charge is -2.17. The summed E-state index contributed by atoms with van der Waals surface area (Å²) in [4.78, 5) is 25.7. The summed E-state index contributed by atoms with van der Waals surface area (Å²) in [5.41, 5.74) is -0.0231. The molecule has 1 atom stereocenters. The minimum absolute atomic E-state index is 0.0878. The van der Waals surface area contributed by atoms with E-state index in [2.05, 4.69) is 5.32 Å². The van der Waals surface area contributed by atoms with E-state index >= 15 is 0 Å². The quantitative estimate of drug-likeness (QED) is 0.870. The van der Waals surface area contributed by atoms with Crippen molar-refractivity contribution in [3.05, 3.63) is 60.2 Å². The van der Waals surface area contributed by atoms with Crippen molar-refractivity contribution in [2.24, 2.45) is 0 Å². The van der Waals surface area contributed by atoms with E-state index in [9.17, 15) is 22.8 Å². The molecule has 2 amide bonds. The molecule has 0 aliphatic carbocycles. The Kier molecular flexibility index (Phi) is 5.34. The third-order valence-corrected chi connectivity index (χ3v) is 4.11. The van der Waals surface area contributed by atoms with Gasteiger partial charge in [0.25, 0.3) is 5.91 Å². The van der Waals surface area contributed by atoms with E-state index in [-0.39, 0.29) is 30.7 Å². The molecule has 8 heteroatoms. The molecule has 1 heterocycles. The number of nitrogens with one attached hydrogen (secondary N) is 1. The zero-order valence-corrected chi connectivity index (χ0v) is 14.2. The fourth-order valence-electron chi connectivity index (χ4n) is 2.82. The lowest BCUT2D eigenvalue weighted by atomic mass is 10.2. The van der Waals surface area contributed by atoms with Crippen LogP contribution in [0.5, 0.6) is 5.75 Å². The van der Waals surface area contributed by atoms with Crippen molar-refractivity contribution in [3.8, 4) is 5.75 Å². The number of carbonyl (C=O) groups is 2. The van der Waals surface area contributed by atoms with Crippen LogP contribution in [0.2, 0.25) is 0 Å². The second kappa shape index (κ2) is 7.69. The van der Waals surface area contributed by atoms with E-state index in [0.29, 0.717) is 6.54 Å². The molecule has 1 aliphatic rings. The van der Waals surface area contributed by atoms with Gasteiger partial charge in [0, 0.05) is 18.7 Å². The average Bonchev–Trinajstić information content (AvgIpc) is 3.00. The standard InChI is InChI=1S/C19H17F3N2O3/c20-19(21,22)13-6-8-16(9-7-13)27-12-17(25)23-14-10-18(26)24(11-14)15-4-2-1-3-5-15/h1-9,14H,10-12H2,(H,23,25). The number of amides is 2. The second-order valence-electron chi connectivity index (χ2n) is 6.12. The summed E-state index contributed by atoms with van der Waals surface area (Å²) in [6.45, 7) is 0.0102. The van der Waals surface area contributed by atoms with Gasteiger partial charge in [-0.1, -0.05) is 18.2 Å². The van der Waals surface area contributed by atoms with Gasteiger partial charge in [-0.05, 0) is 36.4 Å². The van der Waals surface area contributed by atoms with Gasteiger partial charge in [0.15, 0.2) is 6.61 Å². The van der Waals surface area contributed by atoms with E-state index in [0.717, 1.165) is 30.0 Å². The van der Waals surface area contributed by atoms with Crippen molar-refractivity contribution >= 4 is 17.5 Å². The highest BCUT2D eigenvalue weighted by Gasteiger charge is 2.32. The Hall–Kier alpha value is -3.03. The highest BCUT2D eigenvalue weighted by molar-refractivity contribution is 5.96. The van der Waals surface area contributed by atoms with Crippen LogP contribution < -0.4 is 15.0 Å². The third-order valence-electron chi connectivity index (χ3n) is 4.11. The number of nitrogens with zero attached hydrogens (tertiary/aromatic N) is 1. The highest BCUT2D eigenvalue weighted by Crippen LogP contribution is 2.30. The van der Waals surface area contributed by atoms with Crippen LogP contribution in [0.3, 0.4) is 0 Å². The summed E-state index contributed by atoms with van der Waals surface area (Å²) >= 11 is 0. The molecule has 2 aromatic carbocycles. The SMILES string of the molecule is O=C(COc1ccc(C(F)(F)F)cc1)NC1CC(=O)N(c2ccccc2)C1. The molecule has 142 valence electrons. The van der Waals surface area contributed by atoms with E-state index in [1.807, 2.05) is 30.3 Å². The predicted octanol–water partition coefficient (Wildman–Crippen LogP) is 3.01. The van der Waals surface area contributed by atoms with Crippen LogP contribution in [0.1, 0.15) is 12.0 Å². The van der Waals surface area contributed by atoms with Crippen molar-refractivity contribution in [1.82, 2.24) is 5.32 Å². The Bertz CT molecular complexity index is 807. The molecular formula is C19H17F3N2O3. The summed E-state index contributed by atoms with van der Waals surface area (Å²) in [6.07, 6.45) is -4.24. The van der Waals surface area contributed by atoms with Crippen molar-refractivity contribution in [1.29, 1.82) is 0 Å². The van der Waals surface area contributed by atoms with Crippen molar-refractivity contribution in [3.63, 3.8) is 0 Å². The lowest BCUT2D eigenvalue weighted by molar-refractivity contribution is -0.137. The normalized spacial score (nSPS) is 17.1. The number of hydrogen-bond donors (Lipinski definition) is 1. The fourth-order valence-corrected chi connectivity index (χ4v) is 2.82. The number of ether oxygens (including phenoxy) is 1. The molecule has 0 aromatic heterocycles. The minimum Gasteiger partial charge on any atom is -0.484 e. The number of carbonyl (C=O) groups excluding carboxylic acids is 2. The van der Waals surface area contributed by atoms with Crippen LogP contribution in [0.15, 0.2) is 54.6 Å². The van der Waals surface area contributed by atoms with Gasteiger partial charge in [-0.25, -0.2) is 0 Å². The van der Waals surface area contributed by atoms with E-state index in [1.165, 1.54) is 0 Å². The number of rotatable bonds is 5. The van der Waals surface area contributed by atoms with Gasteiger partial charge in [0.2, 0.25) is 5.91 Å². The molecule has 27 heavy (non-hydrogen) atoms. The number of anilines is 1. The number of halogens is 3. The van der Waals surface area contributed by atoms with Crippen LogP contribution in [-0.4, -0.2) is 31.0 Å². The first-order chi connectivity index (χ1) is 12.8. The molecule has 1 fully saturated rings. The fraction of sp³-hybridized carbons (Fsp3) is 0.263. The molecule has 0 radical (unpaired) electrons. The Balaban J connectivity index is 1.49. The first kappa shape index (κ1) is 18.8. The van der Waals surface area contributed by atoms with Crippen LogP contribution >= 0.6 is 0 Å². The minimum atomic E-state index is -4.42. The molecule has 0 saturated carbocycles. The smallest absolute Gasteiger partial charge is 0.416 e. The summed E-state index contributed by atoms with van der Waals surface area (Å²) < 4.78 is 42.7. The molecule has 0 spiro atoms. The zero-order chi connectivity index (χ0) is 19.4. The Labute approximate surface area is 153 Å². The third kappa shape index (κ3) is 4.78. The zero-order valence-electron chi connectivity index (χ0n) is 14.2. The maximum absolute atomic E-state index is 12.5. The molecule has 1 unspecified atom stereocenters. The molecule has 1 N–H and O–H groups in total. The second-order valence-corrected chi connectivity index (χ2v) is 6.12. The van der Waals surface area contributed by atoms with Gasteiger partial charge in [-0.15, -0.1) is 0 Å². The summed E-state index contributed by atoms with van der Waals surface area (Å²) in [5, 5.41) is 2.71. The topological polar surface area (TPSA) is 58.6 Å². The van der Waals surface area contributed by atoms with Gasteiger partial charge >= 0.3 is 6.18 Å². The Morgan fingerprint density at radius 1 is 1.11 bits per heavy atom. The molecule has 3 rings (SSSR count). The average molecular weight is 378 g/mol. The molecule has 5 nitrogen and oxygen atoms in total. The van der Waals surface area contributed by atoms with Crippen LogP contribution in [-0.2, 0) is 15.8 Å². The molecule has 1 aliphatic heterocycles. The number of hydrogen-bond acceptors (Lipinski definition) is 3. The van der Waals surface area contributed by atoms with Crippen LogP contribution in [0.25, 0.3) is 0 Å². The number of para-hydroxylation sites is 1. The number of benzene rings is 2. The monoisotopic (exact) mass is 378 g/mol. The first-order valence-corrected chi connectivity index (χ1v) is 8.28. The van der Waals surface area contributed by atoms with E-state index in [1.54, 1.807) is 4.90 Å². The van der Waals surface area contributed by atoms with E-state index < -0.39 is 17.6 Å². The van der Waals surface area contributed by atoms with Gasteiger partial charge in [0.05, 0.1) is 11.6 Å². The maximum Gasteiger partial charge on any atom is 0.416 e. The summed E-state index contributed by atoms with van der Waals surface area (Å²) in [5.74, 6) is -0.371. The lowest BCUT2D eigenvalue weighted by Crippen LogP contribution is -2.39. The van der Waals surface area contributed by atoms with Crippen LogP contribution in [0.4, 0.5) is 18.9 Å². The first-order valence-electron chi connectivity index (χ1n) is 8.28. The van der Waals surface area contributed by atoms with Gasteiger partial charge < -0.3 is 15.0 Å². The summed E-state index contributed by atoms with van der Waals surface area (Å²) in [7, 11) is 0. The predicted molar refractivity (Wildman–Crippen MR) is 92.3 cm³/mol. The Morgan fingerprint density at radius 3 is 2.41 bits per heavy atom. The van der Waals surface area contributed by atoms with Gasteiger partial charge in [0.1, 0.15) is 5.75 Å². The largest absolute Gasteiger partial charge is 0.484 e. The van der Waals surface area contributed by atoms with Crippen LogP contribution in [0, 0.1) is 0 Å². The van der Waals surface area contributed by atoms with Crippen molar-refractivity contribution in [2.75, 3.05) is 18.1 Å². The highest BCUT2D eigenvalue weighted by atomic mass is 19.4. The van der Waals surface area contributed by atoms with Gasteiger partial charge in [-0.2, -0.15) is 13.2 Å². The van der Waals surface area contributed by atoms with Gasteiger partial charge in [-0.3, -0.25) is 9.59 Å². The van der Waals surface area contributed by atoms with Crippen molar-refractivity contribution < 1.29 is 27.5 Å². The molecule has 1 saturated heterocycles. The number of alkyl halides is 3. The van der Waals surface area contributed by atoms with E-state index in [4.69, 9.17) is 4.74 Å². The summed E-state index contributed by atoms with van der Waals surface area (Å²) in [6, 6.07) is 12.9. The Morgan fingerprint density at radius 2 is 1.78 bits per heavy atom. The maximum atomic E-state index is 12.5. The molecule has 2 aromatic rings. The van der Waals surface area contributed by atoms with Crippen molar-refractivity contribution in [2.45, 2.75) is 18.6 Å².